The Hall–Kier alpha value is -1.80. The summed E-state index contributed by atoms with van der Waals surface area (Å²) in [5, 5.41) is 11.7. The standard InChI is InChI=1S/C15H22N4O/c1-15(2,3)19-5-4-11(10-19)8-18-14(20)13-6-12(7-16)9-17-13/h6,9,11,17H,4-5,8,10H2,1-3H3,(H,18,20). The number of H-pyrrole nitrogens is 1. The van der Waals surface area contributed by atoms with Crippen LogP contribution in [-0.4, -0.2) is 41.0 Å². The van der Waals surface area contributed by atoms with E-state index in [1.165, 1.54) is 0 Å². The molecule has 1 unspecified atom stereocenters. The minimum absolute atomic E-state index is 0.138. The summed E-state index contributed by atoms with van der Waals surface area (Å²) >= 11 is 0. The third-order valence-corrected chi connectivity index (χ3v) is 3.84. The normalized spacial score (nSPS) is 19.8. The van der Waals surface area contributed by atoms with Crippen molar-refractivity contribution in [3.8, 4) is 6.07 Å². The Labute approximate surface area is 120 Å². The molecule has 5 heteroatoms. The van der Waals surface area contributed by atoms with E-state index in [4.69, 9.17) is 5.26 Å². The second-order valence-electron chi connectivity index (χ2n) is 6.40. The molecule has 1 aliphatic rings. The summed E-state index contributed by atoms with van der Waals surface area (Å²) in [5.41, 5.74) is 1.13. The lowest BCUT2D eigenvalue weighted by Gasteiger charge is -2.31. The highest BCUT2D eigenvalue weighted by Crippen LogP contribution is 2.23. The van der Waals surface area contributed by atoms with Crippen molar-refractivity contribution in [3.63, 3.8) is 0 Å². The van der Waals surface area contributed by atoms with Gasteiger partial charge in [0.25, 0.3) is 5.91 Å². The molecule has 2 heterocycles. The summed E-state index contributed by atoms with van der Waals surface area (Å²) in [6.45, 7) is 9.46. The largest absolute Gasteiger partial charge is 0.356 e. The van der Waals surface area contributed by atoms with Crippen LogP contribution in [0.4, 0.5) is 0 Å². The summed E-state index contributed by atoms with van der Waals surface area (Å²) in [4.78, 5) is 17.2. The Bertz CT molecular complexity index is 521. The van der Waals surface area contributed by atoms with Crippen molar-refractivity contribution >= 4 is 5.91 Å². The van der Waals surface area contributed by atoms with Gasteiger partial charge in [-0.05, 0) is 45.7 Å². The molecule has 1 atom stereocenters. The summed E-state index contributed by atoms with van der Waals surface area (Å²) < 4.78 is 0. The monoisotopic (exact) mass is 274 g/mol. The van der Waals surface area contributed by atoms with E-state index in [1.54, 1.807) is 12.3 Å². The zero-order valence-corrected chi connectivity index (χ0v) is 12.4. The first-order chi connectivity index (χ1) is 9.40. The van der Waals surface area contributed by atoms with Gasteiger partial charge in [-0.15, -0.1) is 0 Å². The number of rotatable bonds is 3. The molecule has 2 rings (SSSR count). The number of aromatic nitrogens is 1. The van der Waals surface area contributed by atoms with Gasteiger partial charge in [0.1, 0.15) is 11.8 Å². The number of carbonyl (C=O) groups excluding carboxylic acids is 1. The van der Waals surface area contributed by atoms with Crippen LogP contribution in [0.25, 0.3) is 0 Å². The third kappa shape index (κ3) is 3.40. The molecule has 1 aliphatic heterocycles. The van der Waals surface area contributed by atoms with Gasteiger partial charge in [0, 0.05) is 24.8 Å². The van der Waals surface area contributed by atoms with Crippen molar-refractivity contribution < 1.29 is 4.79 Å². The van der Waals surface area contributed by atoms with E-state index < -0.39 is 0 Å². The molecule has 5 nitrogen and oxygen atoms in total. The van der Waals surface area contributed by atoms with Crippen LogP contribution in [0.1, 0.15) is 43.2 Å². The zero-order chi connectivity index (χ0) is 14.8. The van der Waals surface area contributed by atoms with E-state index in [9.17, 15) is 4.79 Å². The molecule has 0 bridgehead atoms. The first-order valence-electron chi connectivity index (χ1n) is 7.02. The van der Waals surface area contributed by atoms with Gasteiger partial charge in [0.05, 0.1) is 5.56 Å². The number of amides is 1. The van der Waals surface area contributed by atoms with Crippen LogP contribution in [0.3, 0.4) is 0 Å². The number of hydrogen-bond donors (Lipinski definition) is 2. The van der Waals surface area contributed by atoms with Gasteiger partial charge in [0.2, 0.25) is 0 Å². The Morgan fingerprint density at radius 1 is 1.60 bits per heavy atom. The van der Waals surface area contributed by atoms with Crippen LogP contribution in [0.5, 0.6) is 0 Å². The molecule has 0 spiro atoms. The lowest BCUT2D eigenvalue weighted by atomic mass is 10.1. The van der Waals surface area contributed by atoms with Gasteiger partial charge < -0.3 is 10.3 Å². The molecule has 2 N–H and O–H groups in total. The van der Waals surface area contributed by atoms with Gasteiger partial charge in [0.15, 0.2) is 0 Å². The van der Waals surface area contributed by atoms with E-state index in [0.29, 0.717) is 23.7 Å². The molecule has 1 saturated heterocycles. The number of aromatic amines is 1. The summed E-state index contributed by atoms with van der Waals surface area (Å²) in [6, 6.07) is 3.58. The van der Waals surface area contributed by atoms with Crippen LogP contribution >= 0.6 is 0 Å². The number of carbonyl (C=O) groups is 1. The number of nitrogens with one attached hydrogen (secondary N) is 2. The van der Waals surface area contributed by atoms with E-state index >= 15 is 0 Å². The van der Waals surface area contributed by atoms with Crippen molar-refractivity contribution in [2.75, 3.05) is 19.6 Å². The molecule has 0 saturated carbocycles. The Kier molecular flexibility index (Phi) is 4.15. The van der Waals surface area contributed by atoms with E-state index in [-0.39, 0.29) is 11.4 Å². The van der Waals surface area contributed by atoms with E-state index in [1.807, 2.05) is 6.07 Å². The summed E-state index contributed by atoms with van der Waals surface area (Å²) in [5.74, 6) is 0.365. The first-order valence-corrected chi connectivity index (χ1v) is 7.02. The fourth-order valence-corrected chi connectivity index (χ4v) is 2.53. The minimum atomic E-state index is -0.138. The highest BCUT2D eigenvalue weighted by Gasteiger charge is 2.30. The molecule has 1 amide bonds. The van der Waals surface area contributed by atoms with Gasteiger partial charge in [-0.25, -0.2) is 0 Å². The SMILES string of the molecule is CC(C)(C)N1CCC(CNC(=O)c2cc(C#N)c[nH]2)C1. The highest BCUT2D eigenvalue weighted by molar-refractivity contribution is 5.92. The molecular weight excluding hydrogens is 252 g/mol. The van der Waals surface area contributed by atoms with Crippen LogP contribution in [0.2, 0.25) is 0 Å². The van der Waals surface area contributed by atoms with Crippen molar-refractivity contribution in [1.82, 2.24) is 15.2 Å². The fourth-order valence-electron chi connectivity index (χ4n) is 2.53. The Morgan fingerprint density at radius 2 is 2.35 bits per heavy atom. The van der Waals surface area contributed by atoms with Crippen molar-refractivity contribution in [2.45, 2.75) is 32.7 Å². The molecular formula is C15H22N4O. The van der Waals surface area contributed by atoms with Gasteiger partial charge in [-0.3, -0.25) is 9.69 Å². The summed E-state index contributed by atoms with van der Waals surface area (Å²) in [7, 11) is 0. The molecule has 0 radical (unpaired) electrons. The molecule has 0 aromatic carbocycles. The lowest BCUT2D eigenvalue weighted by molar-refractivity contribution is 0.0941. The van der Waals surface area contributed by atoms with Crippen molar-refractivity contribution in [1.29, 1.82) is 5.26 Å². The first kappa shape index (κ1) is 14.6. The predicted molar refractivity (Wildman–Crippen MR) is 77.3 cm³/mol. The van der Waals surface area contributed by atoms with Crippen LogP contribution in [0, 0.1) is 17.2 Å². The maximum atomic E-state index is 11.9. The second kappa shape index (κ2) is 5.68. The molecule has 1 aromatic rings. The second-order valence-corrected chi connectivity index (χ2v) is 6.40. The van der Waals surface area contributed by atoms with Gasteiger partial charge in [-0.1, -0.05) is 0 Å². The number of nitrogens with zero attached hydrogens (tertiary/aromatic N) is 2. The van der Waals surface area contributed by atoms with E-state index in [0.717, 1.165) is 19.5 Å². The molecule has 1 aromatic heterocycles. The maximum Gasteiger partial charge on any atom is 0.267 e. The number of likely N-dealkylation sites (tertiary alicyclic amines) is 1. The zero-order valence-electron chi connectivity index (χ0n) is 12.4. The van der Waals surface area contributed by atoms with Gasteiger partial charge in [-0.2, -0.15) is 5.26 Å². The Morgan fingerprint density at radius 3 is 2.90 bits per heavy atom. The van der Waals surface area contributed by atoms with Crippen LogP contribution in [0.15, 0.2) is 12.3 Å². The average molecular weight is 274 g/mol. The van der Waals surface area contributed by atoms with Crippen LogP contribution in [-0.2, 0) is 0 Å². The average Bonchev–Trinajstić information content (AvgIpc) is 3.04. The predicted octanol–water partition coefficient (Wildman–Crippen LogP) is 1.74. The Balaban J connectivity index is 1.82. The van der Waals surface area contributed by atoms with Crippen molar-refractivity contribution in [3.05, 3.63) is 23.5 Å². The maximum absolute atomic E-state index is 11.9. The number of hydrogen-bond acceptors (Lipinski definition) is 3. The number of nitriles is 1. The smallest absolute Gasteiger partial charge is 0.267 e. The van der Waals surface area contributed by atoms with Gasteiger partial charge >= 0.3 is 0 Å². The molecule has 1 fully saturated rings. The summed E-state index contributed by atoms with van der Waals surface area (Å²) in [6.07, 6.45) is 2.66. The lowest BCUT2D eigenvalue weighted by Crippen LogP contribution is -2.40. The highest BCUT2D eigenvalue weighted by atomic mass is 16.1. The molecule has 108 valence electrons. The topological polar surface area (TPSA) is 71.9 Å². The molecule has 20 heavy (non-hydrogen) atoms. The minimum Gasteiger partial charge on any atom is -0.356 e. The molecule has 0 aliphatic carbocycles. The van der Waals surface area contributed by atoms with Crippen LogP contribution < -0.4 is 5.32 Å². The quantitative estimate of drug-likeness (QED) is 0.882. The fraction of sp³-hybridized carbons (Fsp3) is 0.600. The third-order valence-electron chi connectivity index (χ3n) is 3.84. The van der Waals surface area contributed by atoms with Crippen molar-refractivity contribution in [2.24, 2.45) is 5.92 Å². The van der Waals surface area contributed by atoms with E-state index in [2.05, 4.69) is 36.0 Å².